The van der Waals surface area contributed by atoms with Gasteiger partial charge in [-0.25, -0.2) is 0 Å². The zero-order chi connectivity index (χ0) is 6.27. The standard InChI is InChI=1S/C7H13NO.ClH/c1-8-6-4-5-2-3-7(6)9-5;/h5-8H,2-4H2,1H3;1H/t5-,6+,7+;/m0./s1. The first-order chi connectivity index (χ1) is 4.40. The third-order valence-corrected chi connectivity index (χ3v) is 2.48. The van der Waals surface area contributed by atoms with Crippen LogP contribution in [0.15, 0.2) is 0 Å². The van der Waals surface area contributed by atoms with Gasteiger partial charge in [-0.3, -0.25) is 0 Å². The lowest BCUT2D eigenvalue weighted by atomic mass is 9.96. The fourth-order valence-corrected chi connectivity index (χ4v) is 1.94. The van der Waals surface area contributed by atoms with Crippen molar-refractivity contribution in [3.05, 3.63) is 0 Å². The second-order valence-electron chi connectivity index (χ2n) is 3.00. The predicted octanol–water partition coefficient (Wildman–Crippen LogP) is 0.948. The van der Waals surface area contributed by atoms with Gasteiger partial charge in [-0.15, -0.1) is 12.4 Å². The van der Waals surface area contributed by atoms with Crippen molar-refractivity contribution in [1.82, 2.24) is 5.32 Å². The molecule has 3 heteroatoms. The van der Waals surface area contributed by atoms with Crippen molar-refractivity contribution >= 4 is 12.4 Å². The Bertz CT molecular complexity index is 120. The lowest BCUT2D eigenvalue weighted by Crippen LogP contribution is -2.34. The molecule has 2 bridgehead atoms. The largest absolute Gasteiger partial charge is 0.373 e. The van der Waals surface area contributed by atoms with Gasteiger partial charge in [0.1, 0.15) is 0 Å². The smallest absolute Gasteiger partial charge is 0.0733 e. The molecule has 0 radical (unpaired) electrons. The van der Waals surface area contributed by atoms with E-state index in [0.29, 0.717) is 18.2 Å². The van der Waals surface area contributed by atoms with Crippen LogP contribution in [0, 0.1) is 0 Å². The van der Waals surface area contributed by atoms with Crippen molar-refractivity contribution < 1.29 is 4.74 Å². The van der Waals surface area contributed by atoms with E-state index in [1.807, 2.05) is 7.05 Å². The molecule has 2 heterocycles. The van der Waals surface area contributed by atoms with Crippen molar-refractivity contribution in [2.75, 3.05) is 7.05 Å². The number of hydrogen-bond acceptors (Lipinski definition) is 2. The van der Waals surface area contributed by atoms with E-state index < -0.39 is 0 Å². The molecule has 0 unspecified atom stereocenters. The summed E-state index contributed by atoms with van der Waals surface area (Å²) < 4.78 is 5.61. The van der Waals surface area contributed by atoms with Gasteiger partial charge < -0.3 is 10.1 Å². The Balaban J connectivity index is 0.000000500. The van der Waals surface area contributed by atoms with Crippen molar-refractivity contribution in [1.29, 1.82) is 0 Å². The highest BCUT2D eigenvalue weighted by Gasteiger charge is 2.39. The van der Waals surface area contributed by atoms with Gasteiger partial charge in [-0.2, -0.15) is 0 Å². The number of fused-ring (bicyclic) bond motifs is 2. The maximum atomic E-state index is 5.61. The van der Waals surface area contributed by atoms with Gasteiger partial charge in [-0.05, 0) is 26.3 Å². The van der Waals surface area contributed by atoms with E-state index in [2.05, 4.69) is 5.32 Å². The Morgan fingerprint density at radius 3 is 2.50 bits per heavy atom. The van der Waals surface area contributed by atoms with E-state index in [1.165, 1.54) is 19.3 Å². The second kappa shape index (κ2) is 3.07. The molecule has 2 aliphatic rings. The van der Waals surface area contributed by atoms with Gasteiger partial charge in [-0.1, -0.05) is 0 Å². The Morgan fingerprint density at radius 1 is 1.40 bits per heavy atom. The van der Waals surface area contributed by atoms with Gasteiger partial charge in [0.2, 0.25) is 0 Å². The molecule has 1 N–H and O–H groups in total. The first-order valence-electron chi connectivity index (χ1n) is 3.73. The molecule has 2 nitrogen and oxygen atoms in total. The van der Waals surface area contributed by atoms with E-state index in [-0.39, 0.29) is 12.4 Å². The monoisotopic (exact) mass is 163 g/mol. The molecule has 2 aliphatic heterocycles. The lowest BCUT2D eigenvalue weighted by molar-refractivity contribution is 0.0983. The average Bonchev–Trinajstić information content (AvgIpc) is 2.45. The number of likely N-dealkylation sites (N-methyl/N-ethyl adjacent to an activating group) is 1. The summed E-state index contributed by atoms with van der Waals surface area (Å²) in [6.07, 6.45) is 4.94. The number of nitrogens with one attached hydrogen (secondary N) is 1. The van der Waals surface area contributed by atoms with Crippen LogP contribution in [0.3, 0.4) is 0 Å². The molecule has 2 fully saturated rings. The minimum absolute atomic E-state index is 0. The summed E-state index contributed by atoms with van der Waals surface area (Å²) in [5, 5.41) is 3.27. The third kappa shape index (κ3) is 1.16. The summed E-state index contributed by atoms with van der Waals surface area (Å²) >= 11 is 0. The normalized spacial score (nSPS) is 43.5. The highest BCUT2D eigenvalue weighted by atomic mass is 35.5. The molecule has 60 valence electrons. The van der Waals surface area contributed by atoms with Crippen LogP contribution in [0.25, 0.3) is 0 Å². The third-order valence-electron chi connectivity index (χ3n) is 2.48. The minimum atomic E-state index is 0. The number of halogens is 1. The maximum Gasteiger partial charge on any atom is 0.0733 e. The number of ether oxygens (including phenoxy) is 1. The van der Waals surface area contributed by atoms with E-state index in [1.54, 1.807) is 0 Å². The van der Waals surface area contributed by atoms with Crippen LogP contribution in [-0.4, -0.2) is 25.3 Å². The highest BCUT2D eigenvalue weighted by Crippen LogP contribution is 2.33. The van der Waals surface area contributed by atoms with Crippen molar-refractivity contribution in [2.45, 2.75) is 37.5 Å². The van der Waals surface area contributed by atoms with Crippen LogP contribution in [-0.2, 0) is 4.74 Å². The fraction of sp³-hybridized carbons (Fsp3) is 1.00. The Morgan fingerprint density at radius 2 is 2.20 bits per heavy atom. The summed E-state index contributed by atoms with van der Waals surface area (Å²) in [5.74, 6) is 0. The molecule has 2 saturated heterocycles. The first kappa shape index (κ1) is 8.31. The van der Waals surface area contributed by atoms with Crippen LogP contribution < -0.4 is 5.32 Å². The number of hydrogen-bond donors (Lipinski definition) is 1. The Labute approximate surface area is 67.7 Å². The molecule has 0 aliphatic carbocycles. The van der Waals surface area contributed by atoms with E-state index in [4.69, 9.17) is 4.74 Å². The van der Waals surface area contributed by atoms with Gasteiger partial charge >= 0.3 is 0 Å². The SMILES string of the molecule is CN[C@@H]1C[C@@H]2CC[C@H]1O2.Cl. The van der Waals surface area contributed by atoms with Crippen LogP contribution >= 0.6 is 12.4 Å². The molecule has 0 amide bonds. The maximum absolute atomic E-state index is 5.61. The topological polar surface area (TPSA) is 21.3 Å². The summed E-state index contributed by atoms with van der Waals surface area (Å²) in [5.41, 5.74) is 0. The molecule has 0 aromatic rings. The summed E-state index contributed by atoms with van der Waals surface area (Å²) in [4.78, 5) is 0. The molecule has 0 saturated carbocycles. The molecular weight excluding hydrogens is 150 g/mol. The van der Waals surface area contributed by atoms with Crippen LogP contribution in [0.5, 0.6) is 0 Å². The van der Waals surface area contributed by atoms with Gasteiger partial charge in [0, 0.05) is 6.04 Å². The Hall–Kier alpha value is 0.210. The predicted molar refractivity (Wildman–Crippen MR) is 42.6 cm³/mol. The van der Waals surface area contributed by atoms with E-state index in [0.717, 1.165) is 0 Å². The molecule has 0 spiro atoms. The van der Waals surface area contributed by atoms with Crippen molar-refractivity contribution in [3.8, 4) is 0 Å². The molecule has 0 aromatic heterocycles. The highest BCUT2D eigenvalue weighted by molar-refractivity contribution is 5.85. The first-order valence-corrected chi connectivity index (χ1v) is 3.73. The lowest BCUT2D eigenvalue weighted by Gasteiger charge is -2.16. The zero-order valence-electron chi connectivity index (χ0n) is 6.17. The van der Waals surface area contributed by atoms with Gasteiger partial charge in [0.25, 0.3) is 0 Å². The summed E-state index contributed by atoms with van der Waals surface area (Å²) in [7, 11) is 2.02. The zero-order valence-corrected chi connectivity index (χ0v) is 6.99. The quantitative estimate of drug-likeness (QED) is 0.622. The average molecular weight is 164 g/mol. The molecule has 0 aromatic carbocycles. The van der Waals surface area contributed by atoms with Crippen LogP contribution in [0.1, 0.15) is 19.3 Å². The molecule has 2 rings (SSSR count). The molecular formula is C7H14ClNO. The van der Waals surface area contributed by atoms with Crippen molar-refractivity contribution in [2.24, 2.45) is 0 Å². The second-order valence-corrected chi connectivity index (χ2v) is 3.00. The van der Waals surface area contributed by atoms with Crippen LogP contribution in [0.4, 0.5) is 0 Å². The van der Waals surface area contributed by atoms with E-state index in [9.17, 15) is 0 Å². The minimum Gasteiger partial charge on any atom is -0.373 e. The van der Waals surface area contributed by atoms with Gasteiger partial charge in [0.05, 0.1) is 12.2 Å². The number of rotatable bonds is 1. The fourth-order valence-electron chi connectivity index (χ4n) is 1.94. The summed E-state index contributed by atoms with van der Waals surface area (Å²) in [6, 6.07) is 0.656. The molecule has 3 atom stereocenters. The van der Waals surface area contributed by atoms with Gasteiger partial charge in [0.15, 0.2) is 0 Å². The van der Waals surface area contributed by atoms with Crippen LogP contribution in [0.2, 0.25) is 0 Å². The van der Waals surface area contributed by atoms with E-state index >= 15 is 0 Å². The summed E-state index contributed by atoms with van der Waals surface area (Å²) in [6.45, 7) is 0. The molecule has 10 heavy (non-hydrogen) atoms. The van der Waals surface area contributed by atoms with Crippen molar-refractivity contribution in [3.63, 3.8) is 0 Å². The Kier molecular flexibility index (Phi) is 2.55.